The number of carboxylic acids is 1. The number of hydrogen-bond acceptors (Lipinski definition) is 3. The second-order valence-electron chi connectivity index (χ2n) is 3.68. The first-order valence-electron chi connectivity index (χ1n) is 5.13. The molecule has 1 aromatic carbocycles. The predicted molar refractivity (Wildman–Crippen MR) is 77.7 cm³/mol. The minimum Gasteiger partial charge on any atom is -0.476 e. The largest absolute Gasteiger partial charge is 0.476 e. The highest BCUT2D eigenvalue weighted by Gasteiger charge is 2.18. The molecular formula is C11H6BrCl2N3O3. The standard InChI is InChI=1S/C11H6BrCl2N3O3/c12-7-8(11(19)20)16-17-9(7)15-10(18)4-1-5(13)3-6(14)2-4/h1-3H,(H,19,20)(H2,15,16,17,18). The number of aromatic amines is 1. The Morgan fingerprint density at radius 1 is 1.25 bits per heavy atom. The number of hydrogen-bond donors (Lipinski definition) is 3. The number of rotatable bonds is 3. The van der Waals surface area contributed by atoms with Gasteiger partial charge in [0, 0.05) is 15.6 Å². The molecule has 0 radical (unpaired) electrons. The Hall–Kier alpha value is -1.57. The van der Waals surface area contributed by atoms with E-state index >= 15 is 0 Å². The molecule has 0 fully saturated rings. The van der Waals surface area contributed by atoms with Crippen LogP contribution in [0.5, 0.6) is 0 Å². The van der Waals surface area contributed by atoms with Crippen LogP contribution in [0.15, 0.2) is 22.7 Å². The number of aromatic carboxylic acids is 1. The van der Waals surface area contributed by atoms with Gasteiger partial charge in [-0.25, -0.2) is 4.79 Å². The maximum atomic E-state index is 12.0. The van der Waals surface area contributed by atoms with Gasteiger partial charge in [0.15, 0.2) is 11.5 Å². The van der Waals surface area contributed by atoms with Crippen LogP contribution in [0.1, 0.15) is 20.8 Å². The molecule has 0 aliphatic carbocycles. The van der Waals surface area contributed by atoms with Crippen LogP contribution in [0.3, 0.4) is 0 Å². The van der Waals surface area contributed by atoms with E-state index in [-0.39, 0.29) is 21.5 Å². The van der Waals surface area contributed by atoms with E-state index in [4.69, 9.17) is 28.3 Å². The highest BCUT2D eigenvalue weighted by molar-refractivity contribution is 9.10. The van der Waals surface area contributed by atoms with Crippen LogP contribution in [0.2, 0.25) is 10.0 Å². The van der Waals surface area contributed by atoms with E-state index in [1.165, 1.54) is 18.2 Å². The van der Waals surface area contributed by atoms with Crippen LogP contribution in [0, 0.1) is 0 Å². The van der Waals surface area contributed by atoms with Crippen molar-refractivity contribution in [3.8, 4) is 0 Å². The van der Waals surface area contributed by atoms with E-state index in [0.717, 1.165) is 0 Å². The lowest BCUT2D eigenvalue weighted by atomic mass is 10.2. The molecule has 0 bridgehead atoms. The Morgan fingerprint density at radius 2 is 1.85 bits per heavy atom. The number of nitrogens with zero attached hydrogens (tertiary/aromatic N) is 1. The molecule has 0 saturated carbocycles. The van der Waals surface area contributed by atoms with Gasteiger partial charge in [-0.1, -0.05) is 23.2 Å². The van der Waals surface area contributed by atoms with Crippen molar-refractivity contribution in [3.63, 3.8) is 0 Å². The molecule has 3 N–H and O–H groups in total. The highest BCUT2D eigenvalue weighted by Crippen LogP contribution is 2.25. The molecule has 104 valence electrons. The van der Waals surface area contributed by atoms with Gasteiger partial charge in [0.1, 0.15) is 0 Å². The minimum absolute atomic E-state index is 0.0588. The van der Waals surface area contributed by atoms with E-state index in [2.05, 4.69) is 31.4 Å². The van der Waals surface area contributed by atoms with Gasteiger partial charge in [0.2, 0.25) is 0 Å². The lowest BCUT2D eigenvalue weighted by Crippen LogP contribution is -2.12. The van der Waals surface area contributed by atoms with E-state index in [0.29, 0.717) is 10.0 Å². The van der Waals surface area contributed by atoms with Crippen molar-refractivity contribution >= 4 is 56.8 Å². The summed E-state index contributed by atoms with van der Waals surface area (Å²) in [6, 6.07) is 4.36. The molecule has 0 aliphatic rings. The van der Waals surface area contributed by atoms with Crippen LogP contribution in [0.4, 0.5) is 5.82 Å². The summed E-state index contributed by atoms with van der Waals surface area (Å²) in [5, 5.41) is 17.9. The smallest absolute Gasteiger partial charge is 0.355 e. The third kappa shape index (κ3) is 3.12. The zero-order valence-electron chi connectivity index (χ0n) is 9.58. The number of halogens is 3. The molecule has 6 nitrogen and oxygen atoms in total. The number of nitrogens with one attached hydrogen (secondary N) is 2. The summed E-state index contributed by atoms with van der Waals surface area (Å²) in [6.45, 7) is 0. The van der Waals surface area contributed by atoms with Crippen LogP contribution >= 0.6 is 39.1 Å². The van der Waals surface area contributed by atoms with Crippen LogP contribution in [-0.4, -0.2) is 27.2 Å². The van der Waals surface area contributed by atoms with Crippen molar-refractivity contribution < 1.29 is 14.7 Å². The fourth-order valence-corrected chi connectivity index (χ4v) is 2.39. The van der Waals surface area contributed by atoms with E-state index in [1.807, 2.05) is 0 Å². The second-order valence-corrected chi connectivity index (χ2v) is 5.34. The maximum Gasteiger partial charge on any atom is 0.355 e. The van der Waals surface area contributed by atoms with Gasteiger partial charge in [0.05, 0.1) is 4.47 Å². The molecule has 9 heteroatoms. The first-order valence-corrected chi connectivity index (χ1v) is 6.68. The lowest BCUT2D eigenvalue weighted by Gasteiger charge is -2.04. The fraction of sp³-hybridized carbons (Fsp3) is 0. The molecule has 20 heavy (non-hydrogen) atoms. The van der Waals surface area contributed by atoms with Gasteiger partial charge in [0.25, 0.3) is 5.91 Å². The van der Waals surface area contributed by atoms with Crippen molar-refractivity contribution in [2.75, 3.05) is 5.32 Å². The fourth-order valence-electron chi connectivity index (χ4n) is 1.42. The molecule has 0 aliphatic heterocycles. The topological polar surface area (TPSA) is 95.1 Å². The van der Waals surface area contributed by atoms with Crippen LogP contribution in [-0.2, 0) is 0 Å². The third-order valence-electron chi connectivity index (χ3n) is 2.28. The maximum absolute atomic E-state index is 12.0. The summed E-state index contributed by atoms with van der Waals surface area (Å²) < 4.78 is 0.145. The van der Waals surface area contributed by atoms with Crippen molar-refractivity contribution in [2.24, 2.45) is 0 Å². The number of carbonyl (C=O) groups is 2. The number of carbonyl (C=O) groups excluding carboxylic acids is 1. The number of aromatic nitrogens is 2. The van der Waals surface area contributed by atoms with Gasteiger partial charge < -0.3 is 10.4 Å². The first kappa shape index (κ1) is 14.8. The van der Waals surface area contributed by atoms with E-state index in [9.17, 15) is 9.59 Å². The van der Waals surface area contributed by atoms with Crippen LogP contribution in [0.25, 0.3) is 0 Å². The van der Waals surface area contributed by atoms with Gasteiger partial charge in [-0.2, -0.15) is 5.10 Å². The van der Waals surface area contributed by atoms with Crippen molar-refractivity contribution in [3.05, 3.63) is 44.0 Å². The minimum atomic E-state index is -1.20. The summed E-state index contributed by atoms with van der Waals surface area (Å²) >= 11 is 14.6. The predicted octanol–water partition coefficient (Wildman–Crippen LogP) is 3.43. The zero-order valence-corrected chi connectivity index (χ0v) is 12.7. The Bertz CT molecular complexity index is 682. The second kappa shape index (κ2) is 5.82. The quantitative estimate of drug-likeness (QED) is 0.762. The SMILES string of the molecule is O=C(Nc1n[nH]c(C(=O)O)c1Br)c1cc(Cl)cc(Cl)c1. The summed E-state index contributed by atoms with van der Waals surface area (Å²) in [5.41, 5.74) is 0.0682. The van der Waals surface area contributed by atoms with Gasteiger partial charge >= 0.3 is 5.97 Å². The molecule has 0 unspecified atom stereocenters. The monoisotopic (exact) mass is 377 g/mol. The number of benzene rings is 1. The molecule has 1 amide bonds. The van der Waals surface area contributed by atoms with Gasteiger partial charge in [-0.3, -0.25) is 9.89 Å². The first-order chi connectivity index (χ1) is 9.38. The number of amides is 1. The average molecular weight is 379 g/mol. The summed E-state index contributed by atoms with van der Waals surface area (Å²) in [7, 11) is 0. The molecule has 0 spiro atoms. The highest BCUT2D eigenvalue weighted by atomic mass is 79.9. The number of carboxylic acid groups (broad SMARTS) is 1. The molecular weight excluding hydrogens is 373 g/mol. The Morgan fingerprint density at radius 3 is 2.35 bits per heavy atom. The molecule has 0 saturated heterocycles. The summed E-state index contributed by atoms with van der Waals surface area (Å²) in [4.78, 5) is 22.8. The van der Waals surface area contributed by atoms with E-state index in [1.54, 1.807) is 0 Å². The summed E-state index contributed by atoms with van der Waals surface area (Å²) in [5.74, 6) is -1.65. The average Bonchev–Trinajstić information content (AvgIpc) is 2.70. The third-order valence-corrected chi connectivity index (χ3v) is 3.49. The molecule has 0 atom stereocenters. The van der Waals surface area contributed by atoms with Crippen molar-refractivity contribution in [2.45, 2.75) is 0 Å². The lowest BCUT2D eigenvalue weighted by molar-refractivity contribution is 0.0689. The van der Waals surface area contributed by atoms with Gasteiger partial charge in [-0.05, 0) is 34.1 Å². The van der Waals surface area contributed by atoms with Gasteiger partial charge in [-0.15, -0.1) is 0 Å². The number of anilines is 1. The van der Waals surface area contributed by atoms with Crippen LogP contribution < -0.4 is 5.32 Å². The molecule has 1 aromatic heterocycles. The Labute approximate surface area is 131 Å². The molecule has 1 heterocycles. The van der Waals surface area contributed by atoms with Crippen molar-refractivity contribution in [1.82, 2.24) is 10.2 Å². The Kier molecular flexibility index (Phi) is 4.32. The molecule has 2 rings (SSSR count). The zero-order chi connectivity index (χ0) is 14.9. The number of H-pyrrole nitrogens is 1. The summed E-state index contributed by atoms with van der Waals surface area (Å²) in [6.07, 6.45) is 0. The molecule has 2 aromatic rings. The Balaban J connectivity index is 2.26. The van der Waals surface area contributed by atoms with E-state index < -0.39 is 11.9 Å². The normalized spacial score (nSPS) is 10.3. The van der Waals surface area contributed by atoms with Crippen molar-refractivity contribution in [1.29, 1.82) is 0 Å².